The SMILES string of the molecule is CCc1ccc(/C=N\Nc2nc(=O)[nH]nc2C)cc1. The molecule has 1 aromatic carbocycles. The summed E-state index contributed by atoms with van der Waals surface area (Å²) in [6, 6.07) is 8.08. The molecule has 2 aromatic rings. The quantitative estimate of drug-likeness (QED) is 0.642. The highest BCUT2D eigenvalue weighted by Gasteiger charge is 1.99. The number of aromatic amines is 1. The van der Waals surface area contributed by atoms with Crippen LogP contribution in [0.25, 0.3) is 0 Å². The predicted molar refractivity (Wildman–Crippen MR) is 74.4 cm³/mol. The van der Waals surface area contributed by atoms with Crippen LogP contribution in [-0.2, 0) is 6.42 Å². The van der Waals surface area contributed by atoms with Crippen molar-refractivity contribution >= 4 is 12.0 Å². The molecule has 6 nitrogen and oxygen atoms in total. The highest BCUT2D eigenvalue weighted by Crippen LogP contribution is 2.05. The van der Waals surface area contributed by atoms with Gasteiger partial charge < -0.3 is 0 Å². The first kappa shape index (κ1) is 12.9. The summed E-state index contributed by atoms with van der Waals surface area (Å²) in [5.74, 6) is 0.352. The second kappa shape index (κ2) is 5.90. The molecule has 1 aromatic heterocycles. The average Bonchev–Trinajstić information content (AvgIpc) is 2.43. The van der Waals surface area contributed by atoms with Gasteiger partial charge in [0.1, 0.15) is 5.69 Å². The molecule has 0 atom stereocenters. The predicted octanol–water partition coefficient (Wildman–Crippen LogP) is 1.48. The number of nitrogens with zero attached hydrogens (tertiary/aromatic N) is 3. The van der Waals surface area contributed by atoms with Gasteiger partial charge in [0.15, 0.2) is 5.82 Å². The molecule has 98 valence electrons. The first-order chi connectivity index (χ1) is 9.19. The molecule has 2 rings (SSSR count). The van der Waals surface area contributed by atoms with Crippen LogP contribution in [-0.4, -0.2) is 21.4 Å². The Morgan fingerprint density at radius 3 is 2.79 bits per heavy atom. The van der Waals surface area contributed by atoms with Crippen LogP contribution in [0.3, 0.4) is 0 Å². The Hall–Kier alpha value is -2.50. The molecule has 0 fully saturated rings. The zero-order valence-electron chi connectivity index (χ0n) is 10.8. The third-order valence-corrected chi connectivity index (χ3v) is 2.65. The maximum absolute atomic E-state index is 11.0. The van der Waals surface area contributed by atoms with E-state index < -0.39 is 5.69 Å². The standard InChI is InChI=1S/C13H15N5O/c1-3-10-4-6-11(7-5-10)8-14-17-12-9(2)16-18-13(19)15-12/h4-8H,3H2,1-2H3,(H2,15,17,18,19)/b14-8-. The number of hydrazone groups is 1. The number of rotatable bonds is 4. The molecule has 19 heavy (non-hydrogen) atoms. The van der Waals surface area contributed by atoms with Crippen molar-refractivity contribution in [1.82, 2.24) is 15.2 Å². The second-order valence-corrected chi connectivity index (χ2v) is 4.04. The number of H-pyrrole nitrogens is 1. The van der Waals surface area contributed by atoms with Crippen LogP contribution in [0.1, 0.15) is 23.7 Å². The van der Waals surface area contributed by atoms with Crippen molar-refractivity contribution in [3.63, 3.8) is 0 Å². The summed E-state index contributed by atoms with van der Waals surface area (Å²) in [5, 5.41) is 10.1. The molecule has 0 aliphatic heterocycles. The van der Waals surface area contributed by atoms with Crippen molar-refractivity contribution in [1.29, 1.82) is 0 Å². The molecule has 0 bridgehead atoms. The molecular weight excluding hydrogens is 242 g/mol. The van der Waals surface area contributed by atoms with Gasteiger partial charge >= 0.3 is 5.69 Å². The molecular formula is C13H15N5O. The van der Waals surface area contributed by atoms with Crippen LogP contribution < -0.4 is 11.1 Å². The molecule has 0 radical (unpaired) electrons. The van der Waals surface area contributed by atoms with Crippen molar-refractivity contribution < 1.29 is 0 Å². The van der Waals surface area contributed by atoms with Crippen LogP contribution in [0.5, 0.6) is 0 Å². The van der Waals surface area contributed by atoms with Gasteiger partial charge in [-0.2, -0.15) is 15.2 Å². The van der Waals surface area contributed by atoms with Gasteiger partial charge in [0, 0.05) is 0 Å². The summed E-state index contributed by atoms with van der Waals surface area (Å²) in [5.41, 5.74) is 5.04. The van der Waals surface area contributed by atoms with E-state index in [0.717, 1.165) is 12.0 Å². The molecule has 0 spiro atoms. The highest BCUT2D eigenvalue weighted by molar-refractivity contribution is 5.80. The highest BCUT2D eigenvalue weighted by atomic mass is 16.1. The minimum Gasteiger partial charge on any atom is -0.260 e. The summed E-state index contributed by atoms with van der Waals surface area (Å²) < 4.78 is 0. The largest absolute Gasteiger partial charge is 0.363 e. The zero-order valence-corrected chi connectivity index (χ0v) is 10.8. The molecule has 0 unspecified atom stereocenters. The fourth-order valence-electron chi connectivity index (χ4n) is 1.51. The van der Waals surface area contributed by atoms with E-state index in [4.69, 9.17) is 0 Å². The van der Waals surface area contributed by atoms with Crippen LogP contribution in [0.4, 0.5) is 5.82 Å². The van der Waals surface area contributed by atoms with E-state index in [1.807, 2.05) is 12.1 Å². The molecule has 6 heteroatoms. The Morgan fingerprint density at radius 2 is 2.11 bits per heavy atom. The van der Waals surface area contributed by atoms with Crippen LogP contribution >= 0.6 is 0 Å². The van der Waals surface area contributed by atoms with Crippen LogP contribution in [0.15, 0.2) is 34.2 Å². The minimum atomic E-state index is -0.504. The Morgan fingerprint density at radius 1 is 1.37 bits per heavy atom. The lowest BCUT2D eigenvalue weighted by Gasteiger charge is -2.01. The maximum atomic E-state index is 11.0. The van der Waals surface area contributed by atoms with E-state index in [2.05, 4.69) is 44.8 Å². The van der Waals surface area contributed by atoms with Gasteiger partial charge in [0.25, 0.3) is 0 Å². The number of aryl methyl sites for hydroxylation is 2. The summed E-state index contributed by atoms with van der Waals surface area (Å²) in [6.07, 6.45) is 2.68. The van der Waals surface area contributed by atoms with E-state index >= 15 is 0 Å². The van der Waals surface area contributed by atoms with Crippen molar-refractivity contribution in [3.8, 4) is 0 Å². The number of nitrogens with one attached hydrogen (secondary N) is 2. The topological polar surface area (TPSA) is 83.0 Å². The lowest BCUT2D eigenvalue weighted by atomic mass is 10.1. The van der Waals surface area contributed by atoms with Crippen molar-refractivity contribution in [2.75, 3.05) is 5.43 Å². The number of benzene rings is 1. The summed E-state index contributed by atoms with van der Waals surface area (Å²) in [6.45, 7) is 3.84. The van der Waals surface area contributed by atoms with Gasteiger partial charge in [0.05, 0.1) is 6.21 Å². The third kappa shape index (κ3) is 3.48. The maximum Gasteiger partial charge on any atom is 0.363 e. The van der Waals surface area contributed by atoms with Gasteiger partial charge in [-0.05, 0) is 24.5 Å². The van der Waals surface area contributed by atoms with Gasteiger partial charge in [0.2, 0.25) is 0 Å². The van der Waals surface area contributed by atoms with Gasteiger partial charge in [-0.3, -0.25) is 5.43 Å². The molecule has 0 aliphatic carbocycles. The smallest absolute Gasteiger partial charge is 0.260 e. The summed E-state index contributed by atoms with van der Waals surface area (Å²) in [7, 11) is 0. The first-order valence-corrected chi connectivity index (χ1v) is 6.00. The van der Waals surface area contributed by atoms with Gasteiger partial charge in [-0.15, -0.1) is 0 Å². The average molecular weight is 257 g/mol. The number of hydrogen-bond acceptors (Lipinski definition) is 5. The number of hydrogen-bond donors (Lipinski definition) is 2. The molecule has 0 saturated heterocycles. The van der Waals surface area contributed by atoms with E-state index in [0.29, 0.717) is 11.5 Å². The van der Waals surface area contributed by atoms with Crippen LogP contribution in [0.2, 0.25) is 0 Å². The van der Waals surface area contributed by atoms with E-state index in [-0.39, 0.29) is 0 Å². The molecule has 0 amide bonds. The molecule has 0 aliphatic rings. The van der Waals surface area contributed by atoms with Crippen molar-refractivity contribution in [2.45, 2.75) is 20.3 Å². The summed E-state index contributed by atoms with van der Waals surface area (Å²) >= 11 is 0. The fourth-order valence-corrected chi connectivity index (χ4v) is 1.51. The minimum absolute atomic E-state index is 0.352. The fraction of sp³-hybridized carbons (Fsp3) is 0.231. The summed E-state index contributed by atoms with van der Waals surface area (Å²) in [4.78, 5) is 14.8. The lowest BCUT2D eigenvalue weighted by Crippen LogP contribution is -2.15. The lowest BCUT2D eigenvalue weighted by molar-refractivity contribution is 0.879. The van der Waals surface area contributed by atoms with Crippen molar-refractivity contribution in [2.24, 2.45) is 5.10 Å². The Balaban J connectivity index is 2.06. The molecule has 1 heterocycles. The zero-order chi connectivity index (χ0) is 13.7. The monoisotopic (exact) mass is 257 g/mol. The molecule has 0 saturated carbocycles. The Kier molecular flexibility index (Phi) is 4.02. The second-order valence-electron chi connectivity index (χ2n) is 4.04. The molecule has 2 N–H and O–H groups in total. The first-order valence-electron chi connectivity index (χ1n) is 6.00. The number of aromatic nitrogens is 3. The van der Waals surface area contributed by atoms with Crippen LogP contribution in [0, 0.1) is 6.92 Å². The van der Waals surface area contributed by atoms with E-state index in [1.54, 1.807) is 13.1 Å². The van der Waals surface area contributed by atoms with Crippen molar-refractivity contribution in [3.05, 3.63) is 51.6 Å². The van der Waals surface area contributed by atoms with Gasteiger partial charge in [-0.25, -0.2) is 9.89 Å². The number of anilines is 1. The van der Waals surface area contributed by atoms with E-state index in [9.17, 15) is 4.79 Å². The Bertz CT molecular complexity index is 630. The van der Waals surface area contributed by atoms with E-state index in [1.165, 1.54) is 5.56 Å². The third-order valence-electron chi connectivity index (χ3n) is 2.65. The normalized spacial score (nSPS) is 10.8. The Labute approximate surface area is 110 Å². The van der Waals surface area contributed by atoms with Gasteiger partial charge in [-0.1, -0.05) is 31.2 Å².